The van der Waals surface area contributed by atoms with Gasteiger partial charge < -0.3 is 9.55 Å². The van der Waals surface area contributed by atoms with Gasteiger partial charge in [-0.25, -0.2) is 0 Å². The molecule has 0 saturated carbocycles. The minimum absolute atomic E-state index is 0.136. The first-order chi connectivity index (χ1) is 9.20. The van der Waals surface area contributed by atoms with Gasteiger partial charge in [-0.3, -0.25) is 4.21 Å². The second-order valence-electron chi connectivity index (χ2n) is 4.58. The SMILES string of the molecule is CC(Cn1c(=S)[nH]c2cc(C(F)(F)F)ccc21)S(C)=O. The molecule has 2 atom stereocenters. The Labute approximate surface area is 121 Å². The van der Waals surface area contributed by atoms with Gasteiger partial charge in [0.15, 0.2) is 4.77 Å². The lowest BCUT2D eigenvalue weighted by molar-refractivity contribution is -0.137. The molecular weight excluding hydrogens is 309 g/mol. The summed E-state index contributed by atoms with van der Waals surface area (Å²) in [4.78, 5) is 2.76. The molecule has 0 fully saturated rings. The average molecular weight is 322 g/mol. The van der Waals surface area contributed by atoms with Crippen LogP contribution in [0.25, 0.3) is 11.0 Å². The van der Waals surface area contributed by atoms with Crippen molar-refractivity contribution in [2.24, 2.45) is 0 Å². The molecule has 1 aromatic heterocycles. The van der Waals surface area contributed by atoms with Crippen molar-refractivity contribution in [3.63, 3.8) is 0 Å². The van der Waals surface area contributed by atoms with Crippen LogP contribution >= 0.6 is 12.2 Å². The molecule has 1 aromatic carbocycles. The number of rotatable bonds is 3. The van der Waals surface area contributed by atoms with Crippen LogP contribution in [0.2, 0.25) is 0 Å². The number of halogens is 3. The minimum atomic E-state index is -4.38. The van der Waals surface area contributed by atoms with E-state index in [-0.39, 0.29) is 5.25 Å². The van der Waals surface area contributed by atoms with E-state index < -0.39 is 22.5 Å². The van der Waals surface area contributed by atoms with Crippen LogP contribution in [0.4, 0.5) is 13.2 Å². The van der Waals surface area contributed by atoms with E-state index >= 15 is 0 Å². The molecule has 0 amide bonds. The molecule has 0 spiro atoms. The normalized spacial score (nSPS) is 15.4. The van der Waals surface area contributed by atoms with E-state index in [1.165, 1.54) is 6.07 Å². The molecule has 110 valence electrons. The first-order valence-corrected chi connectivity index (χ1v) is 7.85. The Morgan fingerprint density at radius 3 is 2.65 bits per heavy atom. The van der Waals surface area contributed by atoms with Crippen molar-refractivity contribution in [3.05, 3.63) is 28.5 Å². The van der Waals surface area contributed by atoms with Gasteiger partial charge in [0.25, 0.3) is 0 Å². The van der Waals surface area contributed by atoms with Crippen LogP contribution in [0.15, 0.2) is 18.2 Å². The van der Waals surface area contributed by atoms with E-state index in [0.29, 0.717) is 22.3 Å². The number of aromatic nitrogens is 2. The van der Waals surface area contributed by atoms with Gasteiger partial charge >= 0.3 is 6.18 Å². The van der Waals surface area contributed by atoms with Crippen molar-refractivity contribution in [2.75, 3.05) is 6.26 Å². The van der Waals surface area contributed by atoms with Gasteiger partial charge in [-0.15, -0.1) is 0 Å². The third kappa shape index (κ3) is 2.95. The van der Waals surface area contributed by atoms with Crippen LogP contribution < -0.4 is 0 Å². The van der Waals surface area contributed by atoms with Crippen molar-refractivity contribution < 1.29 is 17.4 Å². The Kier molecular flexibility index (Phi) is 4.06. The summed E-state index contributed by atoms with van der Waals surface area (Å²) in [6.45, 7) is 2.20. The van der Waals surface area contributed by atoms with Crippen LogP contribution in [-0.2, 0) is 23.5 Å². The molecule has 0 aliphatic carbocycles. The van der Waals surface area contributed by atoms with Crippen LogP contribution in [0.3, 0.4) is 0 Å². The van der Waals surface area contributed by atoms with Gasteiger partial charge in [0, 0.05) is 28.9 Å². The Hall–Kier alpha value is -1.15. The maximum atomic E-state index is 12.7. The van der Waals surface area contributed by atoms with E-state index in [1.807, 2.05) is 0 Å². The van der Waals surface area contributed by atoms with E-state index in [4.69, 9.17) is 12.2 Å². The zero-order valence-electron chi connectivity index (χ0n) is 10.8. The fourth-order valence-electron chi connectivity index (χ4n) is 1.88. The Morgan fingerprint density at radius 2 is 2.10 bits per heavy atom. The number of nitrogens with zero attached hydrogens (tertiary/aromatic N) is 1. The van der Waals surface area contributed by atoms with Gasteiger partial charge in [-0.2, -0.15) is 13.2 Å². The van der Waals surface area contributed by atoms with Crippen molar-refractivity contribution in [1.29, 1.82) is 0 Å². The molecule has 0 bridgehead atoms. The van der Waals surface area contributed by atoms with E-state index in [9.17, 15) is 17.4 Å². The Balaban J connectivity index is 2.51. The molecule has 8 heteroatoms. The molecule has 0 radical (unpaired) electrons. The van der Waals surface area contributed by atoms with Gasteiger partial charge in [-0.1, -0.05) is 0 Å². The zero-order valence-corrected chi connectivity index (χ0v) is 12.5. The molecule has 2 unspecified atom stereocenters. The first-order valence-electron chi connectivity index (χ1n) is 5.82. The predicted octanol–water partition coefficient (Wildman–Crippen LogP) is 3.48. The molecule has 1 N–H and O–H groups in total. The predicted molar refractivity (Wildman–Crippen MR) is 75.7 cm³/mol. The van der Waals surface area contributed by atoms with Crippen molar-refractivity contribution in [1.82, 2.24) is 9.55 Å². The smallest absolute Gasteiger partial charge is 0.331 e. The maximum Gasteiger partial charge on any atom is 0.416 e. The van der Waals surface area contributed by atoms with Crippen LogP contribution in [0.1, 0.15) is 12.5 Å². The van der Waals surface area contributed by atoms with Crippen molar-refractivity contribution >= 4 is 34.1 Å². The van der Waals surface area contributed by atoms with Crippen molar-refractivity contribution in [3.8, 4) is 0 Å². The summed E-state index contributed by atoms with van der Waals surface area (Å²) >= 11 is 5.12. The number of imidazole rings is 1. The minimum Gasteiger partial charge on any atom is -0.331 e. The molecule has 1 heterocycles. The van der Waals surface area contributed by atoms with E-state index in [2.05, 4.69) is 4.98 Å². The molecule has 2 rings (SSSR count). The summed E-state index contributed by atoms with van der Waals surface area (Å²) in [7, 11) is -1.03. The highest BCUT2D eigenvalue weighted by atomic mass is 32.2. The number of fused-ring (bicyclic) bond motifs is 1. The quantitative estimate of drug-likeness (QED) is 0.879. The summed E-state index contributed by atoms with van der Waals surface area (Å²) < 4.78 is 51.4. The summed E-state index contributed by atoms with van der Waals surface area (Å²) in [5.41, 5.74) is 0.194. The third-order valence-corrected chi connectivity index (χ3v) is 4.71. The number of hydrogen-bond acceptors (Lipinski definition) is 2. The molecule has 20 heavy (non-hydrogen) atoms. The van der Waals surface area contributed by atoms with Crippen LogP contribution in [-0.4, -0.2) is 25.3 Å². The standard InChI is InChI=1S/C12H13F3N2OS2/c1-7(20(2)18)6-17-10-4-3-8(12(13,14)15)5-9(10)16-11(17)19/h3-5,7H,6H2,1-2H3,(H,16,19). The number of nitrogens with one attached hydrogen (secondary N) is 1. The lowest BCUT2D eigenvalue weighted by Crippen LogP contribution is -2.17. The molecule has 2 aromatic rings. The van der Waals surface area contributed by atoms with Crippen molar-refractivity contribution in [2.45, 2.75) is 24.9 Å². The van der Waals surface area contributed by atoms with E-state index in [1.54, 1.807) is 17.7 Å². The monoisotopic (exact) mass is 322 g/mol. The van der Waals surface area contributed by atoms with E-state index in [0.717, 1.165) is 12.1 Å². The molecule has 0 saturated heterocycles. The lowest BCUT2D eigenvalue weighted by Gasteiger charge is -2.11. The number of aromatic amines is 1. The zero-order chi connectivity index (χ0) is 15.1. The highest BCUT2D eigenvalue weighted by Gasteiger charge is 2.30. The van der Waals surface area contributed by atoms with Crippen LogP contribution in [0.5, 0.6) is 0 Å². The highest BCUT2D eigenvalue weighted by Crippen LogP contribution is 2.31. The van der Waals surface area contributed by atoms with Gasteiger partial charge in [0.2, 0.25) is 0 Å². The fraction of sp³-hybridized carbons (Fsp3) is 0.417. The maximum absolute atomic E-state index is 12.7. The van der Waals surface area contributed by atoms with Crippen LogP contribution in [0, 0.1) is 4.77 Å². The summed E-state index contributed by atoms with van der Waals surface area (Å²) in [6, 6.07) is 3.44. The second kappa shape index (κ2) is 5.33. The topological polar surface area (TPSA) is 37.8 Å². The van der Waals surface area contributed by atoms with Gasteiger partial charge in [-0.05, 0) is 37.3 Å². The first kappa shape index (κ1) is 15.2. The average Bonchev–Trinajstić information content (AvgIpc) is 2.64. The van der Waals surface area contributed by atoms with Gasteiger partial charge in [0.05, 0.1) is 16.6 Å². The van der Waals surface area contributed by atoms with Gasteiger partial charge in [0.1, 0.15) is 0 Å². The number of alkyl halides is 3. The molecule has 3 nitrogen and oxygen atoms in total. The summed E-state index contributed by atoms with van der Waals surface area (Å²) in [5.74, 6) is 0. The lowest BCUT2D eigenvalue weighted by atomic mass is 10.2. The largest absolute Gasteiger partial charge is 0.416 e. The fourth-order valence-corrected chi connectivity index (χ4v) is 2.53. The summed E-state index contributed by atoms with van der Waals surface area (Å²) in [6.07, 6.45) is -2.80. The Morgan fingerprint density at radius 1 is 1.45 bits per heavy atom. The number of H-pyrrole nitrogens is 1. The highest BCUT2D eigenvalue weighted by molar-refractivity contribution is 7.84. The molecule has 0 aliphatic heterocycles. The number of hydrogen-bond donors (Lipinski definition) is 1. The third-order valence-electron chi connectivity index (χ3n) is 3.11. The number of benzene rings is 1. The molecular formula is C12H13F3N2OS2. The summed E-state index contributed by atoms with van der Waals surface area (Å²) in [5, 5.41) is -0.136. The molecule has 0 aliphatic rings. The second-order valence-corrected chi connectivity index (χ2v) is 6.77. The Bertz CT molecular complexity index is 718.